The molecule has 2 N–H and O–H groups in total. The van der Waals surface area contributed by atoms with Gasteiger partial charge in [-0.25, -0.2) is 21.6 Å². The highest BCUT2D eigenvalue weighted by molar-refractivity contribution is 9.10. The van der Waals surface area contributed by atoms with Crippen LogP contribution in [0.4, 0.5) is 5.69 Å². The zero-order valence-corrected chi connectivity index (χ0v) is 16.6. The molecule has 0 aromatic heterocycles. The molecule has 0 aliphatic heterocycles. The van der Waals surface area contributed by atoms with Crippen molar-refractivity contribution in [2.75, 3.05) is 4.72 Å². The van der Waals surface area contributed by atoms with Crippen LogP contribution in [0.5, 0.6) is 0 Å². The van der Waals surface area contributed by atoms with Crippen molar-refractivity contribution in [3.05, 3.63) is 52.5 Å². The highest BCUT2D eigenvalue weighted by Crippen LogP contribution is 2.25. The maximum absolute atomic E-state index is 12.5. The topological polar surface area (TPSA) is 92.3 Å². The van der Waals surface area contributed by atoms with Crippen molar-refractivity contribution < 1.29 is 16.8 Å². The SMILES string of the molecule is Cc1ccc(Br)cc1S(=O)(=O)Nc1ccc(S(=O)(=O)NC2CC2)cc1. The van der Waals surface area contributed by atoms with Crippen LogP contribution in [0.1, 0.15) is 18.4 Å². The Morgan fingerprint density at radius 1 is 0.960 bits per heavy atom. The first-order valence-electron chi connectivity index (χ1n) is 7.59. The number of anilines is 1. The molecule has 0 spiro atoms. The van der Waals surface area contributed by atoms with Gasteiger partial charge in [-0.05, 0) is 61.7 Å². The van der Waals surface area contributed by atoms with Crippen molar-refractivity contribution in [2.45, 2.75) is 35.6 Å². The predicted octanol–water partition coefficient (Wildman–Crippen LogP) is 3.00. The monoisotopic (exact) mass is 444 g/mol. The maximum atomic E-state index is 12.5. The Morgan fingerprint density at radius 3 is 2.20 bits per heavy atom. The average molecular weight is 445 g/mol. The molecule has 9 heteroatoms. The van der Waals surface area contributed by atoms with Crippen LogP contribution in [0.2, 0.25) is 0 Å². The lowest BCUT2D eigenvalue weighted by atomic mass is 10.2. The van der Waals surface area contributed by atoms with E-state index in [0.717, 1.165) is 12.8 Å². The van der Waals surface area contributed by atoms with Gasteiger partial charge in [0.15, 0.2) is 0 Å². The van der Waals surface area contributed by atoms with Crippen LogP contribution >= 0.6 is 15.9 Å². The number of benzene rings is 2. The van der Waals surface area contributed by atoms with E-state index >= 15 is 0 Å². The zero-order chi connectivity index (χ0) is 18.2. The fourth-order valence-corrected chi connectivity index (χ4v) is 5.41. The molecule has 1 fully saturated rings. The lowest BCUT2D eigenvalue weighted by Gasteiger charge is -2.11. The normalized spacial score (nSPS) is 15.1. The molecule has 2 aromatic carbocycles. The van der Waals surface area contributed by atoms with Crippen LogP contribution in [0, 0.1) is 6.92 Å². The number of aryl methyl sites for hydroxylation is 1. The Bertz CT molecular complexity index is 999. The fraction of sp³-hybridized carbons (Fsp3) is 0.250. The lowest BCUT2D eigenvalue weighted by Crippen LogP contribution is -2.25. The van der Waals surface area contributed by atoms with E-state index in [9.17, 15) is 16.8 Å². The summed E-state index contributed by atoms with van der Waals surface area (Å²) in [7, 11) is -7.32. The molecular weight excluding hydrogens is 428 g/mol. The minimum absolute atomic E-state index is 0.0164. The zero-order valence-electron chi connectivity index (χ0n) is 13.4. The van der Waals surface area contributed by atoms with Gasteiger partial charge in [0.1, 0.15) is 0 Å². The average Bonchev–Trinajstić information content (AvgIpc) is 3.33. The number of rotatable bonds is 6. The first-order chi connectivity index (χ1) is 11.7. The minimum Gasteiger partial charge on any atom is -0.280 e. The summed E-state index contributed by atoms with van der Waals surface area (Å²) in [6.45, 7) is 1.71. The van der Waals surface area contributed by atoms with Crippen molar-refractivity contribution in [3.8, 4) is 0 Å². The van der Waals surface area contributed by atoms with Gasteiger partial charge in [-0.15, -0.1) is 0 Å². The molecule has 1 saturated carbocycles. The van der Waals surface area contributed by atoms with Gasteiger partial charge in [-0.3, -0.25) is 4.72 Å². The molecule has 0 amide bonds. The molecule has 0 atom stereocenters. The Labute approximate surface area is 155 Å². The molecule has 6 nitrogen and oxygen atoms in total. The molecule has 3 rings (SSSR count). The van der Waals surface area contributed by atoms with Crippen molar-refractivity contribution in [1.82, 2.24) is 4.72 Å². The molecule has 0 heterocycles. The van der Waals surface area contributed by atoms with Crippen LogP contribution in [-0.2, 0) is 20.0 Å². The minimum atomic E-state index is -3.77. The highest BCUT2D eigenvalue weighted by Gasteiger charge is 2.28. The first-order valence-corrected chi connectivity index (χ1v) is 11.3. The summed E-state index contributed by atoms with van der Waals surface area (Å²) >= 11 is 3.26. The van der Waals surface area contributed by atoms with Gasteiger partial charge in [-0.1, -0.05) is 22.0 Å². The number of nitrogens with one attached hydrogen (secondary N) is 2. The van der Waals surface area contributed by atoms with Gasteiger partial charge in [0.2, 0.25) is 10.0 Å². The fourth-order valence-electron chi connectivity index (χ4n) is 2.26. The second-order valence-corrected chi connectivity index (χ2v) is 10.2. The molecule has 0 saturated heterocycles. The van der Waals surface area contributed by atoms with Crippen LogP contribution in [0.25, 0.3) is 0 Å². The molecule has 134 valence electrons. The summed E-state index contributed by atoms with van der Waals surface area (Å²) in [6, 6.07) is 10.7. The Balaban J connectivity index is 1.82. The number of halogens is 1. The van der Waals surface area contributed by atoms with Crippen LogP contribution in [0.3, 0.4) is 0 Å². The summed E-state index contributed by atoms with van der Waals surface area (Å²) in [5.41, 5.74) is 0.910. The van der Waals surface area contributed by atoms with Crippen molar-refractivity contribution >= 4 is 41.7 Å². The van der Waals surface area contributed by atoms with E-state index in [0.29, 0.717) is 15.7 Å². The van der Waals surface area contributed by atoms with E-state index in [1.807, 2.05) is 0 Å². The van der Waals surface area contributed by atoms with E-state index in [1.165, 1.54) is 30.3 Å². The van der Waals surface area contributed by atoms with Gasteiger partial charge in [0.05, 0.1) is 9.79 Å². The van der Waals surface area contributed by atoms with E-state index in [4.69, 9.17) is 0 Å². The van der Waals surface area contributed by atoms with Crippen molar-refractivity contribution in [3.63, 3.8) is 0 Å². The van der Waals surface area contributed by atoms with Crippen molar-refractivity contribution in [1.29, 1.82) is 0 Å². The van der Waals surface area contributed by atoms with Gasteiger partial charge >= 0.3 is 0 Å². The van der Waals surface area contributed by atoms with E-state index < -0.39 is 20.0 Å². The van der Waals surface area contributed by atoms with Gasteiger partial charge in [-0.2, -0.15) is 0 Å². The van der Waals surface area contributed by atoms with Gasteiger partial charge < -0.3 is 0 Å². The number of hydrogen-bond acceptors (Lipinski definition) is 4. The quantitative estimate of drug-likeness (QED) is 0.715. The van der Waals surface area contributed by atoms with E-state index in [-0.39, 0.29) is 15.8 Å². The highest BCUT2D eigenvalue weighted by atomic mass is 79.9. The third-order valence-corrected chi connectivity index (χ3v) is 7.31. The van der Waals surface area contributed by atoms with E-state index in [2.05, 4.69) is 25.4 Å². The Hall–Kier alpha value is -1.42. The second kappa shape index (κ2) is 6.71. The number of hydrogen-bond donors (Lipinski definition) is 2. The lowest BCUT2D eigenvalue weighted by molar-refractivity contribution is 0.581. The second-order valence-electron chi connectivity index (χ2n) is 5.94. The molecular formula is C16H17BrN2O4S2. The Kier molecular flexibility index (Phi) is 4.93. The third kappa shape index (κ3) is 4.41. The smallest absolute Gasteiger partial charge is 0.262 e. The number of sulfonamides is 2. The van der Waals surface area contributed by atoms with Crippen LogP contribution in [0.15, 0.2) is 56.7 Å². The summed E-state index contributed by atoms with van der Waals surface area (Å²) in [5, 5.41) is 0. The van der Waals surface area contributed by atoms with Gasteiger partial charge in [0.25, 0.3) is 10.0 Å². The molecule has 0 unspecified atom stereocenters. The molecule has 1 aliphatic carbocycles. The van der Waals surface area contributed by atoms with Crippen LogP contribution in [-0.4, -0.2) is 22.9 Å². The molecule has 0 radical (unpaired) electrons. The molecule has 1 aliphatic rings. The predicted molar refractivity (Wildman–Crippen MR) is 99.5 cm³/mol. The largest absolute Gasteiger partial charge is 0.280 e. The summed E-state index contributed by atoms with van der Waals surface area (Å²) < 4.78 is 55.1. The molecule has 25 heavy (non-hydrogen) atoms. The molecule has 0 bridgehead atoms. The summed E-state index contributed by atoms with van der Waals surface area (Å²) in [4.78, 5) is 0.273. The maximum Gasteiger partial charge on any atom is 0.262 e. The molecule has 2 aromatic rings. The summed E-state index contributed by atoms with van der Waals surface area (Å²) in [6.07, 6.45) is 1.70. The summed E-state index contributed by atoms with van der Waals surface area (Å²) in [5.74, 6) is 0. The van der Waals surface area contributed by atoms with E-state index in [1.54, 1.807) is 19.1 Å². The van der Waals surface area contributed by atoms with Crippen molar-refractivity contribution in [2.24, 2.45) is 0 Å². The standard InChI is InChI=1S/C16H17BrN2O4S2/c1-11-2-3-12(17)10-16(11)25(22,23)19-14-6-8-15(9-7-14)24(20,21)18-13-4-5-13/h2-3,6-10,13,18-19H,4-5H2,1H3. The van der Waals surface area contributed by atoms with Crippen LogP contribution < -0.4 is 9.44 Å². The third-order valence-electron chi connectivity index (χ3n) is 3.76. The Morgan fingerprint density at radius 2 is 1.60 bits per heavy atom. The first kappa shape index (κ1) is 18.4. The van der Waals surface area contributed by atoms with Gasteiger partial charge in [0, 0.05) is 16.2 Å².